The molecule has 0 aliphatic rings. The maximum Gasteiger partial charge on any atom is 0.154 e. The fraction of sp³-hybridized carbons (Fsp3) is 0.167. The van der Waals surface area contributed by atoms with E-state index in [4.69, 9.17) is 9.47 Å². The van der Waals surface area contributed by atoms with Gasteiger partial charge in [0.2, 0.25) is 0 Å². The molecule has 0 saturated heterocycles. The van der Waals surface area contributed by atoms with Gasteiger partial charge in [0.1, 0.15) is 23.1 Å². The predicted molar refractivity (Wildman–Crippen MR) is 117 cm³/mol. The zero-order valence-corrected chi connectivity index (χ0v) is 17.2. The first-order valence-corrected chi connectivity index (χ1v) is 10.3. The van der Waals surface area contributed by atoms with Gasteiger partial charge in [-0.3, -0.25) is 0 Å². The van der Waals surface area contributed by atoms with E-state index >= 15 is 0 Å². The second-order valence-corrected chi connectivity index (χ2v) is 7.79. The first-order valence-electron chi connectivity index (χ1n) is 9.42. The lowest BCUT2D eigenvalue weighted by Gasteiger charge is -2.25. The van der Waals surface area contributed by atoms with Gasteiger partial charge in [0.05, 0.1) is 19.6 Å². The van der Waals surface area contributed by atoms with Crippen molar-refractivity contribution in [2.75, 3.05) is 7.11 Å². The van der Waals surface area contributed by atoms with Crippen molar-refractivity contribution >= 4 is 22.1 Å². The molecule has 30 heavy (non-hydrogen) atoms. The summed E-state index contributed by atoms with van der Waals surface area (Å²) in [6, 6.07) is 21.6. The molecule has 0 fully saturated rings. The number of nitrogens with zero attached hydrogens (tertiary/aromatic N) is 2. The van der Waals surface area contributed by atoms with Gasteiger partial charge in [-0.15, -0.1) is 11.3 Å². The molecule has 3 aromatic carbocycles. The zero-order valence-electron chi connectivity index (χ0n) is 16.4. The van der Waals surface area contributed by atoms with Gasteiger partial charge < -0.3 is 14.6 Å². The Morgan fingerprint density at radius 2 is 1.87 bits per heavy atom. The molecule has 0 radical (unpaired) electrons. The number of rotatable bonds is 7. The van der Waals surface area contributed by atoms with E-state index < -0.39 is 5.60 Å². The average molecular weight is 417 g/mol. The number of aromatic nitrogens is 1. The van der Waals surface area contributed by atoms with E-state index in [0.29, 0.717) is 28.7 Å². The lowest BCUT2D eigenvalue weighted by atomic mass is 9.91. The van der Waals surface area contributed by atoms with E-state index in [0.717, 1.165) is 10.9 Å². The highest BCUT2D eigenvalue weighted by Gasteiger charge is 2.35. The Morgan fingerprint density at radius 1 is 1.07 bits per heavy atom. The number of ether oxygens (including phenoxy) is 2. The number of hydrogen-bond donors (Lipinski definition) is 1. The van der Waals surface area contributed by atoms with E-state index in [1.807, 2.05) is 18.2 Å². The van der Waals surface area contributed by atoms with Gasteiger partial charge >= 0.3 is 0 Å². The van der Waals surface area contributed by atoms with E-state index in [2.05, 4.69) is 35.3 Å². The van der Waals surface area contributed by atoms with Crippen molar-refractivity contribution in [3.05, 3.63) is 88.4 Å². The van der Waals surface area contributed by atoms with Gasteiger partial charge in [-0.2, -0.15) is 5.26 Å². The molecule has 1 N–H and O–H groups in total. The van der Waals surface area contributed by atoms with Crippen LogP contribution in [0.25, 0.3) is 10.8 Å². The van der Waals surface area contributed by atoms with Crippen LogP contribution in [0.4, 0.5) is 0 Å². The molecule has 1 atom stereocenters. The fourth-order valence-electron chi connectivity index (χ4n) is 3.35. The molecule has 150 valence electrons. The molecule has 0 aliphatic heterocycles. The van der Waals surface area contributed by atoms with Gasteiger partial charge in [-0.25, -0.2) is 4.98 Å². The zero-order chi connectivity index (χ0) is 21.0. The Bertz CT molecular complexity index is 1200. The van der Waals surface area contributed by atoms with Gasteiger partial charge in [0, 0.05) is 17.6 Å². The molecule has 6 heteroatoms. The molecule has 0 spiro atoms. The summed E-state index contributed by atoms with van der Waals surface area (Å²) < 4.78 is 11.4. The van der Waals surface area contributed by atoms with Crippen LogP contribution in [-0.2, 0) is 12.2 Å². The minimum Gasteiger partial charge on any atom is -0.497 e. The summed E-state index contributed by atoms with van der Waals surface area (Å²) in [4.78, 5) is 4.23. The van der Waals surface area contributed by atoms with Crippen LogP contribution >= 0.6 is 11.3 Å². The summed E-state index contributed by atoms with van der Waals surface area (Å²) in [5.74, 6) is 1.08. The summed E-state index contributed by atoms with van der Waals surface area (Å²) in [6.07, 6.45) is 1.48. The SMILES string of the molecule is COc1cc(OCc2ccc3ccccc3c2)cc(C(O)(CC#N)c2nccs2)c1. The predicted octanol–water partition coefficient (Wildman–Crippen LogP) is 5.03. The molecule has 0 amide bonds. The lowest BCUT2D eigenvalue weighted by molar-refractivity contribution is 0.0850. The molecule has 4 rings (SSSR count). The van der Waals surface area contributed by atoms with Gasteiger partial charge in [0.15, 0.2) is 5.60 Å². The molecule has 1 aromatic heterocycles. The quantitative estimate of drug-likeness (QED) is 0.457. The summed E-state index contributed by atoms with van der Waals surface area (Å²) in [5, 5.41) is 25.2. The molecule has 1 heterocycles. The highest BCUT2D eigenvalue weighted by Crippen LogP contribution is 2.38. The van der Waals surface area contributed by atoms with E-state index in [9.17, 15) is 10.4 Å². The normalized spacial score (nSPS) is 12.8. The Labute approximate surface area is 178 Å². The Balaban J connectivity index is 1.64. The minimum atomic E-state index is -1.53. The third-order valence-corrected chi connectivity index (χ3v) is 5.86. The smallest absolute Gasteiger partial charge is 0.154 e. The van der Waals surface area contributed by atoms with Crippen LogP contribution in [0.15, 0.2) is 72.2 Å². The first kappa shape index (κ1) is 19.9. The summed E-state index contributed by atoms with van der Waals surface area (Å²) in [7, 11) is 1.55. The summed E-state index contributed by atoms with van der Waals surface area (Å²) >= 11 is 1.30. The Hall–Kier alpha value is -3.40. The van der Waals surface area contributed by atoms with Gasteiger partial charge in [-0.1, -0.05) is 36.4 Å². The molecule has 5 nitrogen and oxygen atoms in total. The van der Waals surface area contributed by atoms with Crippen LogP contribution in [0.3, 0.4) is 0 Å². The summed E-state index contributed by atoms with van der Waals surface area (Å²) in [5.41, 5.74) is 0.00977. The van der Waals surface area contributed by atoms with E-state index in [1.54, 1.807) is 36.9 Å². The highest BCUT2D eigenvalue weighted by atomic mass is 32.1. The molecule has 0 aliphatic carbocycles. The molecular weight excluding hydrogens is 396 g/mol. The molecule has 0 saturated carbocycles. The van der Waals surface area contributed by atoms with Crippen molar-refractivity contribution in [1.29, 1.82) is 5.26 Å². The third kappa shape index (κ3) is 3.99. The van der Waals surface area contributed by atoms with Crippen LogP contribution in [-0.4, -0.2) is 17.2 Å². The second-order valence-electron chi connectivity index (χ2n) is 6.90. The van der Waals surface area contributed by atoms with Crippen LogP contribution < -0.4 is 9.47 Å². The van der Waals surface area contributed by atoms with Gasteiger partial charge in [0.25, 0.3) is 0 Å². The molecule has 0 bridgehead atoms. The lowest BCUT2D eigenvalue weighted by Crippen LogP contribution is -2.26. The van der Waals surface area contributed by atoms with Crippen molar-refractivity contribution < 1.29 is 14.6 Å². The molecule has 1 unspecified atom stereocenters. The van der Waals surface area contributed by atoms with Crippen molar-refractivity contribution in [1.82, 2.24) is 4.98 Å². The number of nitriles is 1. The van der Waals surface area contributed by atoms with Crippen LogP contribution in [0.1, 0.15) is 22.6 Å². The number of hydrogen-bond acceptors (Lipinski definition) is 6. The largest absolute Gasteiger partial charge is 0.497 e. The minimum absolute atomic E-state index is 0.127. The van der Waals surface area contributed by atoms with Crippen molar-refractivity contribution in [3.8, 4) is 17.6 Å². The van der Waals surface area contributed by atoms with Crippen molar-refractivity contribution in [2.24, 2.45) is 0 Å². The first-order chi connectivity index (χ1) is 14.6. The average Bonchev–Trinajstić information content (AvgIpc) is 3.33. The summed E-state index contributed by atoms with van der Waals surface area (Å²) in [6.45, 7) is 0.366. The van der Waals surface area contributed by atoms with Crippen LogP contribution in [0, 0.1) is 11.3 Å². The number of thiazole rings is 1. The number of methoxy groups -OCH3 is 1. The monoisotopic (exact) mass is 416 g/mol. The number of fused-ring (bicyclic) bond motifs is 1. The number of benzene rings is 3. The van der Waals surface area contributed by atoms with E-state index in [1.165, 1.54) is 16.7 Å². The topological polar surface area (TPSA) is 75.4 Å². The Morgan fingerprint density at radius 3 is 2.60 bits per heavy atom. The maximum absolute atomic E-state index is 11.3. The highest BCUT2D eigenvalue weighted by molar-refractivity contribution is 7.09. The second kappa shape index (κ2) is 8.54. The third-order valence-electron chi connectivity index (χ3n) is 4.93. The molecular formula is C24H20N2O3S. The van der Waals surface area contributed by atoms with Crippen molar-refractivity contribution in [3.63, 3.8) is 0 Å². The van der Waals surface area contributed by atoms with Crippen LogP contribution in [0.2, 0.25) is 0 Å². The van der Waals surface area contributed by atoms with Crippen LogP contribution in [0.5, 0.6) is 11.5 Å². The Kier molecular flexibility index (Phi) is 5.66. The van der Waals surface area contributed by atoms with Gasteiger partial charge in [-0.05, 0) is 40.1 Å². The maximum atomic E-state index is 11.3. The fourth-order valence-corrected chi connectivity index (χ4v) is 4.11. The van der Waals surface area contributed by atoms with E-state index in [-0.39, 0.29) is 6.42 Å². The number of aliphatic hydroxyl groups is 1. The van der Waals surface area contributed by atoms with Crippen molar-refractivity contribution in [2.45, 2.75) is 18.6 Å². The molecule has 4 aromatic rings. The standard InChI is InChI=1S/C24H20N2O3S/c1-28-21-13-20(24(27,8-9-25)23-26-10-11-30-23)14-22(15-21)29-16-17-6-7-18-4-2-3-5-19(18)12-17/h2-7,10-15,27H,8,16H2,1H3.